The van der Waals surface area contributed by atoms with Crippen molar-refractivity contribution < 1.29 is 9.18 Å². The van der Waals surface area contributed by atoms with Crippen LogP contribution in [0, 0.1) is 11.7 Å². The minimum atomic E-state index is -0.227. The fourth-order valence-corrected chi connectivity index (χ4v) is 5.13. The second-order valence-corrected chi connectivity index (χ2v) is 9.08. The Morgan fingerprint density at radius 1 is 1.25 bits per heavy atom. The molecule has 1 heterocycles. The minimum absolute atomic E-state index is 0.0597. The maximum Gasteiger partial charge on any atom is 0.237 e. The Morgan fingerprint density at radius 2 is 1.96 bits per heavy atom. The molecule has 1 aliphatic rings. The molecule has 1 amide bonds. The highest BCUT2D eigenvalue weighted by atomic mass is 35.5. The van der Waals surface area contributed by atoms with Crippen molar-refractivity contribution >= 4 is 29.3 Å². The summed E-state index contributed by atoms with van der Waals surface area (Å²) in [6.45, 7) is 6.35. The van der Waals surface area contributed by atoms with Crippen molar-refractivity contribution in [3.05, 3.63) is 70.5 Å². The lowest BCUT2D eigenvalue weighted by Gasteiger charge is -2.29. The summed E-state index contributed by atoms with van der Waals surface area (Å²) in [6.07, 6.45) is 0. The molecule has 0 spiro atoms. The molecule has 1 saturated heterocycles. The van der Waals surface area contributed by atoms with Crippen LogP contribution in [-0.4, -0.2) is 41.1 Å². The highest BCUT2D eigenvalue weighted by Crippen LogP contribution is 2.40. The summed E-state index contributed by atoms with van der Waals surface area (Å²) < 4.78 is 14.1. The third-order valence-electron chi connectivity index (χ3n) is 4.72. The largest absolute Gasteiger partial charge is 0.325 e. The zero-order chi connectivity index (χ0) is 20.1. The lowest BCUT2D eigenvalue weighted by molar-refractivity contribution is -0.132. The van der Waals surface area contributed by atoms with Gasteiger partial charge < -0.3 is 4.90 Å². The molecule has 0 radical (unpaired) electrons. The average molecular weight is 421 g/mol. The highest BCUT2D eigenvalue weighted by molar-refractivity contribution is 7.99. The number of carbonyl (C=O) groups excluding carboxylic acids is 1. The zero-order valence-electron chi connectivity index (χ0n) is 16.3. The molecular weight excluding hydrogens is 395 g/mol. The quantitative estimate of drug-likeness (QED) is 0.614. The molecule has 3 nitrogen and oxygen atoms in total. The summed E-state index contributed by atoms with van der Waals surface area (Å²) in [4.78, 5) is 17.1. The molecule has 6 heteroatoms. The molecule has 3 rings (SSSR count). The fraction of sp³-hybridized carbons (Fsp3) is 0.409. The van der Waals surface area contributed by atoms with E-state index < -0.39 is 0 Å². The van der Waals surface area contributed by atoms with E-state index in [4.69, 9.17) is 11.6 Å². The summed E-state index contributed by atoms with van der Waals surface area (Å²) in [6, 6.07) is 14.5. The molecule has 1 unspecified atom stereocenters. The van der Waals surface area contributed by atoms with Crippen LogP contribution in [0.5, 0.6) is 0 Å². The number of thioether (sulfide) groups is 1. The van der Waals surface area contributed by atoms with Crippen molar-refractivity contribution in [2.75, 3.05) is 25.4 Å². The van der Waals surface area contributed by atoms with Gasteiger partial charge in [-0.3, -0.25) is 9.69 Å². The molecule has 28 heavy (non-hydrogen) atoms. The number of benzene rings is 2. The first-order chi connectivity index (χ1) is 13.5. The second kappa shape index (κ2) is 9.77. The van der Waals surface area contributed by atoms with Crippen LogP contribution in [0.2, 0.25) is 5.02 Å². The van der Waals surface area contributed by atoms with Gasteiger partial charge in [0.1, 0.15) is 11.2 Å². The van der Waals surface area contributed by atoms with Gasteiger partial charge in [-0.15, -0.1) is 11.8 Å². The molecule has 150 valence electrons. The zero-order valence-corrected chi connectivity index (χ0v) is 17.8. The molecule has 2 aromatic rings. The van der Waals surface area contributed by atoms with Crippen LogP contribution >= 0.6 is 23.4 Å². The molecule has 2 aromatic carbocycles. The van der Waals surface area contributed by atoms with Crippen molar-refractivity contribution in [2.24, 2.45) is 5.92 Å². The Kier molecular flexibility index (Phi) is 7.38. The summed E-state index contributed by atoms with van der Waals surface area (Å²) in [5, 5.41) is 0.626. The summed E-state index contributed by atoms with van der Waals surface area (Å²) in [5.74, 6) is 1.10. The van der Waals surface area contributed by atoms with Crippen LogP contribution in [0.15, 0.2) is 48.5 Å². The van der Waals surface area contributed by atoms with Crippen LogP contribution in [0.25, 0.3) is 0 Å². The predicted octanol–water partition coefficient (Wildman–Crippen LogP) is 5.21. The third-order valence-corrected chi connectivity index (χ3v) is 6.30. The van der Waals surface area contributed by atoms with Gasteiger partial charge in [-0.1, -0.05) is 61.8 Å². The lowest BCUT2D eigenvalue weighted by atomic mass is 10.1. The normalized spacial score (nSPS) is 16.9. The predicted molar refractivity (Wildman–Crippen MR) is 115 cm³/mol. The first-order valence-corrected chi connectivity index (χ1v) is 11.0. The van der Waals surface area contributed by atoms with E-state index in [0.717, 1.165) is 17.9 Å². The second-order valence-electron chi connectivity index (χ2n) is 7.49. The standard InChI is InChI=1S/C22H26ClFN2OS/c1-16(2)13-25(14-17-7-3-6-10-20(17)24)15-21(27)26-11-12-28-22(26)18-8-4-5-9-19(18)23/h3-10,16,22H,11-15H2,1-2H3. The van der Waals surface area contributed by atoms with E-state index in [1.807, 2.05) is 40.1 Å². The van der Waals surface area contributed by atoms with Crippen molar-refractivity contribution in [3.8, 4) is 0 Å². The van der Waals surface area contributed by atoms with Gasteiger partial charge in [0, 0.05) is 41.5 Å². The van der Waals surface area contributed by atoms with Gasteiger partial charge in [0.25, 0.3) is 0 Å². The molecular formula is C22H26ClFN2OS. The van der Waals surface area contributed by atoms with Gasteiger partial charge in [-0.25, -0.2) is 4.39 Å². The van der Waals surface area contributed by atoms with Crippen molar-refractivity contribution in [2.45, 2.75) is 25.8 Å². The van der Waals surface area contributed by atoms with Crippen molar-refractivity contribution in [1.29, 1.82) is 0 Å². The van der Waals surface area contributed by atoms with E-state index in [1.165, 1.54) is 6.07 Å². The van der Waals surface area contributed by atoms with Gasteiger partial charge >= 0.3 is 0 Å². The molecule has 0 N–H and O–H groups in total. The van der Waals surface area contributed by atoms with E-state index in [0.29, 0.717) is 29.6 Å². The third kappa shape index (κ3) is 5.28. The number of nitrogens with zero attached hydrogens (tertiary/aromatic N) is 2. The van der Waals surface area contributed by atoms with Gasteiger partial charge in [0.05, 0.1) is 6.54 Å². The van der Waals surface area contributed by atoms with Gasteiger partial charge in [-0.2, -0.15) is 0 Å². The molecule has 0 aliphatic carbocycles. The summed E-state index contributed by atoms with van der Waals surface area (Å²) in [7, 11) is 0. The first kappa shape index (κ1) is 21.2. The topological polar surface area (TPSA) is 23.6 Å². The van der Waals surface area contributed by atoms with Crippen molar-refractivity contribution in [1.82, 2.24) is 9.80 Å². The Balaban J connectivity index is 1.73. The van der Waals surface area contributed by atoms with E-state index in [1.54, 1.807) is 23.9 Å². The molecule has 1 aliphatic heterocycles. The molecule has 1 fully saturated rings. The number of hydrogen-bond acceptors (Lipinski definition) is 3. The minimum Gasteiger partial charge on any atom is -0.325 e. The van der Waals surface area contributed by atoms with E-state index in [9.17, 15) is 9.18 Å². The van der Waals surface area contributed by atoms with Crippen molar-refractivity contribution in [3.63, 3.8) is 0 Å². The Bertz CT molecular complexity index is 817. The van der Waals surface area contributed by atoms with Crippen LogP contribution < -0.4 is 0 Å². The van der Waals surface area contributed by atoms with Crippen LogP contribution in [-0.2, 0) is 11.3 Å². The molecule has 0 aromatic heterocycles. The first-order valence-electron chi connectivity index (χ1n) is 9.57. The summed E-state index contributed by atoms with van der Waals surface area (Å²) >= 11 is 8.11. The Morgan fingerprint density at radius 3 is 2.68 bits per heavy atom. The van der Waals surface area contributed by atoms with Gasteiger partial charge in [0.2, 0.25) is 5.91 Å². The summed E-state index contributed by atoms with van der Waals surface area (Å²) in [5.41, 5.74) is 1.60. The van der Waals surface area contributed by atoms with E-state index in [-0.39, 0.29) is 23.6 Å². The monoisotopic (exact) mass is 420 g/mol. The number of amides is 1. The maximum atomic E-state index is 14.1. The Hall–Kier alpha value is -1.56. The lowest BCUT2D eigenvalue weighted by Crippen LogP contribution is -2.41. The molecule has 1 atom stereocenters. The van der Waals surface area contributed by atoms with Gasteiger partial charge in [-0.05, 0) is 18.1 Å². The van der Waals surface area contributed by atoms with E-state index >= 15 is 0 Å². The van der Waals surface area contributed by atoms with Crippen LogP contribution in [0.4, 0.5) is 4.39 Å². The smallest absolute Gasteiger partial charge is 0.237 e. The average Bonchev–Trinajstić information content (AvgIpc) is 3.13. The fourth-order valence-electron chi connectivity index (χ4n) is 3.51. The van der Waals surface area contributed by atoms with Crippen LogP contribution in [0.3, 0.4) is 0 Å². The highest BCUT2D eigenvalue weighted by Gasteiger charge is 2.32. The maximum absolute atomic E-state index is 14.1. The Labute approximate surface area is 175 Å². The molecule has 0 bridgehead atoms. The number of carbonyl (C=O) groups is 1. The van der Waals surface area contributed by atoms with Gasteiger partial charge in [0.15, 0.2) is 0 Å². The molecule has 0 saturated carbocycles. The number of hydrogen-bond donors (Lipinski definition) is 0. The van der Waals surface area contributed by atoms with E-state index in [2.05, 4.69) is 13.8 Å². The van der Waals surface area contributed by atoms with Crippen LogP contribution in [0.1, 0.15) is 30.3 Å². The number of rotatable bonds is 7. The number of halogens is 2. The SMILES string of the molecule is CC(C)CN(CC(=O)N1CCSC1c1ccccc1Cl)Cc1ccccc1F.